The molecule has 2 aliphatic rings. The van der Waals surface area contributed by atoms with E-state index in [4.69, 9.17) is 16.3 Å². The number of nitrogens with zero attached hydrogens (tertiary/aromatic N) is 3. The quantitative estimate of drug-likeness (QED) is 0.634. The molecule has 10 heteroatoms. The van der Waals surface area contributed by atoms with Crippen molar-refractivity contribution < 1.29 is 22.3 Å². The third kappa shape index (κ3) is 5.46. The van der Waals surface area contributed by atoms with Crippen LogP contribution < -0.4 is 0 Å². The molecule has 0 spiro atoms. The number of amides is 1. The Labute approximate surface area is 176 Å². The minimum Gasteiger partial charge on any atom is -0.383 e. The van der Waals surface area contributed by atoms with Gasteiger partial charge in [-0.05, 0) is 30.5 Å². The van der Waals surface area contributed by atoms with Gasteiger partial charge in [0.15, 0.2) is 0 Å². The van der Waals surface area contributed by atoms with Crippen LogP contribution in [-0.4, -0.2) is 87.5 Å². The van der Waals surface area contributed by atoms with Crippen molar-refractivity contribution in [2.75, 3.05) is 53.0 Å². The van der Waals surface area contributed by atoms with Crippen molar-refractivity contribution in [3.63, 3.8) is 0 Å². The van der Waals surface area contributed by atoms with E-state index in [-0.39, 0.29) is 22.7 Å². The maximum atomic E-state index is 13.2. The van der Waals surface area contributed by atoms with Crippen LogP contribution in [0.25, 0.3) is 0 Å². The molecule has 1 amide bonds. The van der Waals surface area contributed by atoms with Crippen LogP contribution in [0.2, 0.25) is 5.02 Å². The van der Waals surface area contributed by atoms with Crippen molar-refractivity contribution in [3.05, 3.63) is 34.6 Å². The van der Waals surface area contributed by atoms with Gasteiger partial charge in [0.1, 0.15) is 5.82 Å². The third-order valence-corrected chi connectivity index (χ3v) is 7.69. The lowest BCUT2D eigenvalue weighted by Crippen LogP contribution is -2.44. The van der Waals surface area contributed by atoms with Gasteiger partial charge < -0.3 is 9.64 Å². The van der Waals surface area contributed by atoms with Crippen LogP contribution in [0.3, 0.4) is 0 Å². The summed E-state index contributed by atoms with van der Waals surface area (Å²) in [7, 11) is -1.98. The second-order valence-electron chi connectivity index (χ2n) is 7.40. The third-order valence-electron chi connectivity index (χ3n) is 5.51. The number of likely N-dealkylation sites (tertiary alicyclic amines) is 1. The van der Waals surface area contributed by atoms with Gasteiger partial charge in [0.25, 0.3) is 0 Å². The smallest absolute Gasteiger partial charge is 0.240 e. The van der Waals surface area contributed by atoms with E-state index in [1.165, 1.54) is 16.4 Å². The van der Waals surface area contributed by atoms with E-state index in [2.05, 4.69) is 4.90 Å². The van der Waals surface area contributed by atoms with Gasteiger partial charge in [0, 0.05) is 51.4 Å². The zero-order chi connectivity index (χ0) is 21.0. The lowest BCUT2D eigenvalue weighted by atomic mass is 10.2. The van der Waals surface area contributed by atoms with Crippen LogP contribution in [0.5, 0.6) is 0 Å². The Morgan fingerprint density at radius 2 is 2.00 bits per heavy atom. The number of ether oxygens (including phenoxy) is 1. The van der Waals surface area contributed by atoms with Gasteiger partial charge in [0.05, 0.1) is 18.4 Å². The van der Waals surface area contributed by atoms with Crippen LogP contribution in [0.15, 0.2) is 18.2 Å². The molecule has 162 valence electrons. The molecule has 0 aromatic heterocycles. The Morgan fingerprint density at radius 1 is 1.21 bits per heavy atom. The van der Waals surface area contributed by atoms with Gasteiger partial charge in [-0.1, -0.05) is 17.7 Å². The monoisotopic (exact) mass is 447 g/mol. The first-order valence-corrected chi connectivity index (χ1v) is 11.7. The fraction of sp³-hybridized carbons (Fsp3) is 0.632. The molecular formula is C19H27ClFN3O4S. The zero-order valence-corrected chi connectivity index (χ0v) is 18.1. The van der Waals surface area contributed by atoms with E-state index in [1.807, 2.05) is 4.90 Å². The van der Waals surface area contributed by atoms with Crippen LogP contribution in [-0.2, 0) is 25.3 Å². The summed E-state index contributed by atoms with van der Waals surface area (Å²) in [5.41, 5.74) is 0.383. The summed E-state index contributed by atoms with van der Waals surface area (Å²) in [6.07, 6.45) is 1.40. The number of hydrogen-bond acceptors (Lipinski definition) is 5. The van der Waals surface area contributed by atoms with Crippen LogP contribution >= 0.6 is 11.6 Å². The maximum absolute atomic E-state index is 13.2. The largest absolute Gasteiger partial charge is 0.383 e. The SMILES string of the molecule is COCCN1CCC(N2CCCN(S(=O)(=O)Cc3ccc(F)cc3Cl)CC2)C1=O. The van der Waals surface area contributed by atoms with E-state index < -0.39 is 15.8 Å². The van der Waals surface area contributed by atoms with Crippen molar-refractivity contribution in [1.82, 2.24) is 14.1 Å². The zero-order valence-electron chi connectivity index (χ0n) is 16.5. The number of benzene rings is 1. The number of hydrogen-bond donors (Lipinski definition) is 0. The highest BCUT2D eigenvalue weighted by atomic mass is 35.5. The molecule has 1 atom stereocenters. The molecule has 2 fully saturated rings. The van der Waals surface area contributed by atoms with Gasteiger partial charge in [-0.3, -0.25) is 9.69 Å². The van der Waals surface area contributed by atoms with Crippen LogP contribution in [0.4, 0.5) is 4.39 Å². The van der Waals surface area contributed by atoms with Gasteiger partial charge in [-0.2, -0.15) is 0 Å². The van der Waals surface area contributed by atoms with Gasteiger partial charge in [-0.15, -0.1) is 0 Å². The van der Waals surface area contributed by atoms with Crippen molar-refractivity contribution in [3.8, 4) is 0 Å². The highest BCUT2D eigenvalue weighted by Gasteiger charge is 2.37. The first-order valence-electron chi connectivity index (χ1n) is 9.75. The molecule has 0 aliphatic carbocycles. The molecule has 1 aromatic carbocycles. The predicted octanol–water partition coefficient (Wildman–Crippen LogP) is 1.56. The van der Waals surface area contributed by atoms with E-state index in [0.29, 0.717) is 57.9 Å². The molecule has 29 heavy (non-hydrogen) atoms. The topological polar surface area (TPSA) is 70.2 Å². The van der Waals surface area contributed by atoms with Crippen LogP contribution in [0.1, 0.15) is 18.4 Å². The molecule has 2 saturated heterocycles. The van der Waals surface area contributed by atoms with E-state index in [9.17, 15) is 17.6 Å². The second-order valence-corrected chi connectivity index (χ2v) is 9.78. The normalized spacial score (nSPS) is 22.2. The fourth-order valence-electron chi connectivity index (χ4n) is 3.91. The second kappa shape index (κ2) is 9.70. The molecule has 7 nitrogen and oxygen atoms in total. The minimum atomic E-state index is -3.59. The number of rotatable bonds is 7. The number of halogens is 2. The van der Waals surface area contributed by atoms with Crippen LogP contribution in [0, 0.1) is 5.82 Å². The molecule has 0 N–H and O–H groups in total. The van der Waals surface area contributed by atoms with Gasteiger partial charge >= 0.3 is 0 Å². The minimum absolute atomic E-state index is 0.0939. The Hall–Kier alpha value is -1.26. The molecule has 2 aliphatic heterocycles. The van der Waals surface area contributed by atoms with E-state index in [1.54, 1.807) is 7.11 Å². The highest BCUT2D eigenvalue weighted by Crippen LogP contribution is 2.23. The Balaban J connectivity index is 1.61. The van der Waals surface area contributed by atoms with Crippen molar-refractivity contribution in [2.24, 2.45) is 0 Å². The Kier molecular flexibility index (Phi) is 7.50. The molecule has 1 unspecified atom stereocenters. The number of methoxy groups -OCH3 is 1. The summed E-state index contributed by atoms with van der Waals surface area (Å²) in [6.45, 7) is 3.70. The van der Waals surface area contributed by atoms with Crippen molar-refractivity contribution in [2.45, 2.75) is 24.6 Å². The lowest BCUT2D eigenvalue weighted by molar-refractivity contribution is -0.132. The average molecular weight is 448 g/mol. The van der Waals surface area contributed by atoms with Crippen molar-refractivity contribution in [1.29, 1.82) is 0 Å². The molecule has 2 heterocycles. The predicted molar refractivity (Wildman–Crippen MR) is 109 cm³/mol. The summed E-state index contributed by atoms with van der Waals surface area (Å²) >= 11 is 6.00. The van der Waals surface area contributed by atoms with Gasteiger partial charge in [-0.25, -0.2) is 17.1 Å². The molecule has 0 radical (unpaired) electrons. The summed E-state index contributed by atoms with van der Waals surface area (Å²) in [5, 5.41) is 0.109. The number of carbonyl (C=O) groups is 1. The molecule has 0 saturated carbocycles. The summed E-state index contributed by atoms with van der Waals surface area (Å²) in [6, 6.07) is 3.55. The Morgan fingerprint density at radius 3 is 2.72 bits per heavy atom. The summed E-state index contributed by atoms with van der Waals surface area (Å²) in [5.74, 6) is -0.669. The maximum Gasteiger partial charge on any atom is 0.240 e. The van der Waals surface area contributed by atoms with E-state index in [0.717, 1.165) is 12.5 Å². The number of sulfonamides is 1. The Bertz CT molecular complexity index is 839. The number of carbonyl (C=O) groups excluding carboxylic acids is 1. The molecule has 0 bridgehead atoms. The first-order chi connectivity index (χ1) is 13.8. The molecule has 3 rings (SSSR count). The summed E-state index contributed by atoms with van der Waals surface area (Å²) < 4.78 is 45.5. The van der Waals surface area contributed by atoms with Crippen molar-refractivity contribution >= 4 is 27.5 Å². The lowest BCUT2D eigenvalue weighted by Gasteiger charge is -2.26. The van der Waals surface area contributed by atoms with E-state index >= 15 is 0 Å². The highest BCUT2D eigenvalue weighted by molar-refractivity contribution is 7.88. The summed E-state index contributed by atoms with van der Waals surface area (Å²) in [4.78, 5) is 16.6. The molecular weight excluding hydrogens is 421 g/mol. The first kappa shape index (κ1) is 22.4. The average Bonchev–Trinajstić information content (AvgIpc) is 2.88. The standard InChI is InChI=1S/C19H27ClFN3O4S/c1-28-12-11-23-8-5-18(19(23)25)22-6-2-7-24(10-9-22)29(26,27)14-15-3-4-16(21)13-17(15)20/h3-4,13,18H,2,5-12,14H2,1H3. The fourth-order valence-corrected chi connectivity index (χ4v) is 5.82. The molecule has 1 aromatic rings. The van der Waals surface area contributed by atoms with Gasteiger partial charge in [0.2, 0.25) is 15.9 Å².